The van der Waals surface area contributed by atoms with Crippen LogP contribution < -0.4 is 0 Å². The van der Waals surface area contributed by atoms with E-state index >= 15 is 0 Å². The van der Waals surface area contributed by atoms with Crippen molar-refractivity contribution in [2.75, 3.05) is 20.2 Å². The molecular weight excluding hydrogens is 451 g/mol. The number of ether oxygens (including phenoxy) is 2. The lowest BCUT2D eigenvalue weighted by Gasteiger charge is -2.38. The van der Waals surface area contributed by atoms with Gasteiger partial charge >= 0.3 is 11.9 Å². The number of halogens is 2. The summed E-state index contributed by atoms with van der Waals surface area (Å²) in [5.74, 6) is -1.65. The van der Waals surface area contributed by atoms with Crippen molar-refractivity contribution in [3.05, 3.63) is 70.1 Å². The van der Waals surface area contributed by atoms with Gasteiger partial charge in [0.2, 0.25) is 0 Å². The first kappa shape index (κ1) is 21.5. The van der Waals surface area contributed by atoms with E-state index < -0.39 is 23.4 Å². The molecule has 0 aliphatic carbocycles. The zero-order chi connectivity index (χ0) is 23.3. The van der Waals surface area contributed by atoms with Crippen molar-refractivity contribution in [2.24, 2.45) is 0 Å². The Balaban J connectivity index is 1.41. The summed E-state index contributed by atoms with van der Waals surface area (Å²) in [7, 11) is 1.30. The Bertz CT molecular complexity index is 1310. The van der Waals surface area contributed by atoms with Crippen molar-refractivity contribution in [3.8, 4) is 0 Å². The number of likely N-dealkylation sites (tertiary alicyclic amines) is 1. The van der Waals surface area contributed by atoms with Gasteiger partial charge in [-0.05, 0) is 24.3 Å². The summed E-state index contributed by atoms with van der Waals surface area (Å²) in [5.41, 5.74) is 1.18. The van der Waals surface area contributed by atoms with E-state index in [0.29, 0.717) is 53.0 Å². The lowest BCUT2D eigenvalue weighted by Crippen LogP contribution is -2.45. The molecule has 0 radical (unpaired) electrons. The molecule has 3 heterocycles. The molecule has 1 saturated heterocycles. The third-order valence-corrected chi connectivity index (χ3v) is 6.68. The number of methoxy groups -OCH3 is 1. The smallest absolute Gasteiger partial charge is 0.339 e. The van der Waals surface area contributed by atoms with Crippen molar-refractivity contribution in [2.45, 2.75) is 25.0 Å². The highest BCUT2D eigenvalue weighted by atomic mass is 35.5. The van der Waals surface area contributed by atoms with Gasteiger partial charge in [0.1, 0.15) is 18.0 Å². The molecule has 170 valence electrons. The molecule has 7 nitrogen and oxygen atoms in total. The van der Waals surface area contributed by atoms with E-state index in [1.165, 1.54) is 19.2 Å². The van der Waals surface area contributed by atoms with Gasteiger partial charge in [0.15, 0.2) is 0 Å². The monoisotopic (exact) mass is 470 g/mol. The summed E-state index contributed by atoms with van der Waals surface area (Å²) in [6, 6.07) is 9.27. The van der Waals surface area contributed by atoms with Gasteiger partial charge in [-0.15, -0.1) is 0 Å². The SMILES string of the molecule is COC(=O)Cn1cc(C(=O)N2CCC3(CC2)OC(=O)c2cc(F)ccc23)c2ccc(Cl)cc21. The van der Waals surface area contributed by atoms with Gasteiger partial charge in [0.05, 0.1) is 23.8 Å². The van der Waals surface area contributed by atoms with Gasteiger partial charge in [0, 0.05) is 48.1 Å². The maximum Gasteiger partial charge on any atom is 0.339 e. The zero-order valence-electron chi connectivity index (χ0n) is 17.8. The fraction of sp³-hybridized carbons (Fsp3) is 0.292. The highest BCUT2D eigenvalue weighted by molar-refractivity contribution is 6.31. The molecule has 5 rings (SSSR count). The average Bonchev–Trinajstić information content (AvgIpc) is 3.28. The Morgan fingerprint density at radius 1 is 1.18 bits per heavy atom. The van der Waals surface area contributed by atoms with Crippen LogP contribution in [0.15, 0.2) is 42.6 Å². The van der Waals surface area contributed by atoms with Crippen LogP contribution in [0.3, 0.4) is 0 Å². The summed E-state index contributed by atoms with van der Waals surface area (Å²) in [6.07, 6.45) is 2.46. The van der Waals surface area contributed by atoms with Gasteiger partial charge in [-0.1, -0.05) is 23.7 Å². The number of fused-ring (bicyclic) bond motifs is 3. The van der Waals surface area contributed by atoms with Crippen LogP contribution in [0.5, 0.6) is 0 Å². The average molecular weight is 471 g/mol. The maximum atomic E-state index is 13.6. The van der Waals surface area contributed by atoms with E-state index in [4.69, 9.17) is 21.1 Å². The number of nitrogens with zero attached hydrogens (tertiary/aromatic N) is 2. The normalized spacial score (nSPS) is 16.7. The highest BCUT2D eigenvalue weighted by Gasteiger charge is 2.48. The van der Waals surface area contributed by atoms with Crippen molar-refractivity contribution in [1.82, 2.24) is 9.47 Å². The second-order valence-corrected chi connectivity index (χ2v) is 8.71. The van der Waals surface area contributed by atoms with E-state index in [0.717, 1.165) is 0 Å². The van der Waals surface area contributed by atoms with Gasteiger partial charge in [-0.2, -0.15) is 0 Å². The second-order valence-electron chi connectivity index (χ2n) is 8.27. The number of benzene rings is 2. The van der Waals surface area contributed by atoms with Crippen LogP contribution >= 0.6 is 11.6 Å². The van der Waals surface area contributed by atoms with Crippen LogP contribution in [0, 0.1) is 5.82 Å². The third-order valence-electron chi connectivity index (χ3n) is 6.44. The summed E-state index contributed by atoms with van der Waals surface area (Å²) in [4.78, 5) is 39.3. The fourth-order valence-corrected chi connectivity index (χ4v) is 4.92. The Labute approximate surface area is 193 Å². The molecule has 1 spiro atoms. The van der Waals surface area contributed by atoms with Crippen LogP contribution in [-0.2, 0) is 26.4 Å². The van der Waals surface area contributed by atoms with E-state index in [1.807, 2.05) is 0 Å². The predicted molar refractivity (Wildman–Crippen MR) is 118 cm³/mol. The molecule has 3 aromatic rings. The first-order valence-electron chi connectivity index (χ1n) is 10.5. The molecule has 2 aliphatic rings. The molecular formula is C24H20ClFN2O5. The first-order chi connectivity index (χ1) is 15.8. The second kappa shape index (κ2) is 7.88. The number of amides is 1. The molecule has 1 fully saturated rings. The minimum atomic E-state index is -0.844. The summed E-state index contributed by atoms with van der Waals surface area (Å²) < 4.78 is 25.7. The Morgan fingerprint density at radius 2 is 1.94 bits per heavy atom. The molecule has 2 aliphatic heterocycles. The van der Waals surface area contributed by atoms with E-state index in [-0.39, 0.29) is 18.0 Å². The number of hydrogen-bond donors (Lipinski definition) is 0. The zero-order valence-corrected chi connectivity index (χ0v) is 18.5. The molecule has 33 heavy (non-hydrogen) atoms. The topological polar surface area (TPSA) is 77.8 Å². The van der Waals surface area contributed by atoms with Crippen molar-refractivity contribution in [3.63, 3.8) is 0 Å². The molecule has 9 heteroatoms. The quantitative estimate of drug-likeness (QED) is 0.542. The molecule has 1 amide bonds. The van der Waals surface area contributed by atoms with E-state index in [9.17, 15) is 18.8 Å². The number of carbonyl (C=O) groups excluding carboxylic acids is 3. The van der Waals surface area contributed by atoms with Crippen molar-refractivity contribution in [1.29, 1.82) is 0 Å². The lowest BCUT2D eigenvalue weighted by atomic mass is 9.83. The minimum Gasteiger partial charge on any atom is -0.468 e. The molecule has 0 saturated carbocycles. The number of hydrogen-bond acceptors (Lipinski definition) is 5. The molecule has 0 N–H and O–H groups in total. The standard InChI is InChI=1S/C24H20ClFN2O5/c1-32-21(29)13-28-12-18(16-4-2-14(25)10-20(16)28)22(30)27-8-6-24(7-9-27)19-5-3-15(26)11-17(19)23(31)33-24/h2-5,10-12H,6-9,13H2,1H3. The summed E-state index contributed by atoms with van der Waals surface area (Å²) >= 11 is 6.14. The minimum absolute atomic E-state index is 0.0486. The van der Waals surface area contributed by atoms with Crippen molar-refractivity contribution < 1.29 is 28.2 Å². The number of rotatable bonds is 3. The van der Waals surface area contributed by atoms with Crippen LogP contribution in [0.25, 0.3) is 10.9 Å². The van der Waals surface area contributed by atoms with E-state index in [2.05, 4.69) is 0 Å². The first-order valence-corrected chi connectivity index (χ1v) is 10.9. The summed E-state index contributed by atoms with van der Waals surface area (Å²) in [5, 5.41) is 1.17. The number of aromatic nitrogens is 1. The summed E-state index contributed by atoms with van der Waals surface area (Å²) in [6.45, 7) is 0.674. The van der Waals surface area contributed by atoms with Crippen molar-refractivity contribution >= 4 is 40.3 Å². The molecule has 1 aromatic heterocycles. The molecule has 0 unspecified atom stereocenters. The van der Waals surface area contributed by atoms with Gasteiger partial charge in [0.25, 0.3) is 5.91 Å². The Kier molecular flexibility index (Phi) is 5.12. The van der Waals surface area contributed by atoms with Crippen LogP contribution in [-0.4, -0.2) is 47.5 Å². The van der Waals surface area contributed by atoms with Gasteiger partial charge < -0.3 is 18.9 Å². The Morgan fingerprint density at radius 3 is 2.67 bits per heavy atom. The number of esters is 2. The third kappa shape index (κ3) is 3.54. The molecule has 0 atom stereocenters. The van der Waals surface area contributed by atoms with Crippen LogP contribution in [0.4, 0.5) is 4.39 Å². The predicted octanol–water partition coefficient (Wildman–Crippen LogP) is 3.91. The van der Waals surface area contributed by atoms with Gasteiger partial charge in [-0.25, -0.2) is 9.18 Å². The number of piperidine rings is 1. The van der Waals surface area contributed by atoms with Crippen LogP contribution in [0.1, 0.15) is 39.1 Å². The Hall–Kier alpha value is -3.39. The molecule has 2 aromatic carbocycles. The fourth-order valence-electron chi connectivity index (χ4n) is 4.75. The molecule has 0 bridgehead atoms. The van der Waals surface area contributed by atoms with Crippen LogP contribution in [0.2, 0.25) is 5.02 Å². The largest absolute Gasteiger partial charge is 0.468 e. The maximum absolute atomic E-state index is 13.6. The number of carbonyl (C=O) groups is 3. The van der Waals surface area contributed by atoms with E-state index in [1.54, 1.807) is 39.9 Å². The highest BCUT2D eigenvalue weighted by Crippen LogP contribution is 2.44. The van der Waals surface area contributed by atoms with Gasteiger partial charge in [-0.3, -0.25) is 9.59 Å². The lowest BCUT2D eigenvalue weighted by molar-refractivity contribution is -0.141.